The number of hydrogen-bond donors (Lipinski definition) is 3. The van der Waals surface area contributed by atoms with E-state index in [0.29, 0.717) is 18.7 Å². The van der Waals surface area contributed by atoms with Crippen molar-refractivity contribution in [1.29, 1.82) is 0 Å². The topological polar surface area (TPSA) is 76.4 Å². The highest BCUT2D eigenvalue weighted by atomic mass is 16.5. The molecular weight excluding hydrogens is 242 g/mol. The molecule has 0 fully saturated rings. The molecule has 0 spiro atoms. The van der Waals surface area contributed by atoms with Crippen LogP contribution in [0.5, 0.6) is 0 Å². The molecule has 1 amide bonds. The summed E-state index contributed by atoms with van der Waals surface area (Å²) in [5, 5.41) is 5.98. The van der Waals surface area contributed by atoms with Gasteiger partial charge in [0.05, 0.1) is 6.61 Å². The first kappa shape index (κ1) is 15.5. The minimum absolute atomic E-state index is 0.0804. The van der Waals surface area contributed by atoms with Crippen molar-refractivity contribution in [2.75, 3.05) is 32.6 Å². The van der Waals surface area contributed by atoms with Crippen LogP contribution in [0.1, 0.15) is 23.2 Å². The number of benzene rings is 1. The second-order valence-corrected chi connectivity index (χ2v) is 4.38. The summed E-state index contributed by atoms with van der Waals surface area (Å²) in [6.45, 7) is 1.31. The first-order valence-electron chi connectivity index (χ1n) is 6.49. The number of methoxy groups -OCH3 is 1. The number of nitrogens with two attached hydrogens (primary N) is 1. The summed E-state index contributed by atoms with van der Waals surface area (Å²) in [5.41, 5.74) is 7.15. The van der Waals surface area contributed by atoms with Crippen LogP contribution in [0, 0.1) is 0 Å². The quantitative estimate of drug-likeness (QED) is 0.660. The van der Waals surface area contributed by atoms with Crippen molar-refractivity contribution >= 4 is 11.6 Å². The number of carbonyl (C=O) groups is 1. The molecular formula is C14H23N3O2. The number of carbonyl (C=O) groups excluding carboxylic acids is 1. The summed E-state index contributed by atoms with van der Waals surface area (Å²) in [5.74, 6) is -0.0804. The summed E-state index contributed by atoms with van der Waals surface area (Å²) in [4.78, 5) is 11.4. The van der Waals surface area contributed by atoms with Crippen LogP contribution in [0.25, 0.3) is 0 Å². The maximum Gasteiger partial charge on any atom is 0.251 e. The van der Waals surface area contributed by atoms with Gasteiger partial charge in [-0.2, -0.15) is 0 Å². The zero-order valence-corrected chi connectivity index (χ0v) is 11.6. The van der Waals surface area contributed by atoms with Crippen molar-refractivity contribution < 1.29 is 9.53 Å². The first-order chi connectivity index (χ1) is 9.21. The van der Waals surface area contributed by atoms with Crippen molar-refractivity contribution in [3.05, 3.63) is 29.8 Å². The minimum atomic E-state index is -0.0804. The number of anilines is 1. The van der Waals surface area contributed by atoms with Gasteiger partial charge in [0.15, 0.2) is 0 Å². The molecule has 1 atom stereocenters. The molecule has 1 rings (SSSR count). The number of hydrogen-bond acceptors (Lipinski definition) is 4. The van der Waals surface area contributed by atoms with Crippen molar-refractivity contribution in [3.63, 3.8) is 0 Å². The summed E-state index contributed by atoms with van der Waals surface area (Å²) in [6.07, 6.45) is 1.92. The summed E-state index contributed by atoms with van der Waals surface area (Å²) < 4.78 is 5.19. The highest BCUT2D eigenvalue weighted by molar-refractivity contribution is 5.94. The smallest absolute Gasteiger partial charge is 0.251 e. The number of rotatable bonds is 8. The van der Waals surface area contributed by atoms with E-state index in [1.165, 1.54) is 0 Å². The van der Waals surface area contributed by atoms with E-state index < -0.39 is 0 Å². The molecule has 0 aliphatic rings. The lowest BCUT2D eigenvalue weighted by Gasteiger charge is -2.19. The van der Waals surface area contributed by atoms with Crippen molar-refractivity contribution in [2.45, 2.75) is 18.9 Å². The summed E-state index contributed by atoms with van der Waals surface area (Å²) in [7, 11) is 3.31. The third-order valence-electron chi connectivity index (χ3n) is 2.87. The Morgan fingerprint density at radius 3 is 2.58 bits per heavy atom. The van der Waals surface area contributed by atoms with E-state index in [9.17, 15) is 4.79 Å². The van der Waals surface area contributed by atoms with Gasteiger partial charge in [-0.15, -0.1) is 0 Å². The Kier molecular flexibility index (Phi) is 6.92. The SMILES string of the molecule is CNC(=O)c1ccc(NC(CCCN)COC)cc1. The molecule has 0 heterocycles. The fraction of sp³-hybridized carbons (Fsp3) is 0.500. The molecule has 106 valence electrons. The average molecular weight is 265 g/mol. The first-order valence-corrected chi connectivity index (χ1v) is 6.49. The number of amides is 1. The van der Waals surface area contributed by atoms with Crippen LogP contribution in [0.15, 0.2) is 24.3 Å². The van der Waals surface area contributed by atoms with E-state index in [0.717, 1.165) is 18.5 Å². The van der Waals surface area contributed by atoms with Crippen LogP contribution in [0.4, 0.5) is 5.69 Å². The minimum Gasteiger partial charge on any atom is -0.383 e. The van der Waals surface area contributed by atoms with E-state index in [-0.39, 0.29) is 11.9 Å². The van der Waals surface area contributed by atoms with Crippen LogP contribution < -0.4 is 16.4 Å². The standard InChI is InChI=1S/C14H23N3O2/c1-16-14(18)11-5-7-12(8-6-11)17-13(10-19-2)4-3-9-15/h5-8,13,17H,3-4,9-10,15H2,1-2H3,(H,16,18). The third-order valence-corrected chi connectivity index (χ3v) is 2.87. The molecule has 0 saturated carbocycles. The predicted molar refractivity (Wildman–Crippen MR) is 77.4 cm³/mol. The van der Waals surface area contributed by atoms with Gasteiger partial charge in [0.1, 0.15) is 0 Å². The molecule has 0 aliphatic heterocycles. The summed E-state index contributed by atoms with van der Waals surface area (Å²) in [6, 6.07) is 7.63. The van der Waals surface area contributed by atoms with E-state index in [4.69, 9.17) is 10.5 Å². The molecule has 1 aromatic carbocycles. The predicted octanol–water partition coefficient (Wildman–Crippen LogP) is 1.21. The third kappa shape index (κ3) is 5.28. The van der Waals surface area contributed by atoms with Gasteiger partial charge in [-0.3, -0.25) is 4.79 Å². The van der Waals surface area contributed by atoms with E-state index in [2.05, 4.69) is 10.6 Å². The van der Waals surface area contributed by atoms with Crippen LogP contribution >= 0.6 is 0 Å². The highest BCUT2D eigenvalue weighted by Gasteiger charge is 2.08. The maximum atomic E-state index is 11.4. The Labute approximate surface area is 114 Å². The fourth-order valence-corrected chi connectivity index (χ4v) is 1.86. The number of nitrogens with one attached hydrogen (secondary N) is 2. The zero-order valence-electron chi connectivity index (χ0n) is 11.6. The normalized spacial score (nSPS) is 11.9. The Morgan fingerprint density at radius 2 is 2.05 bits per heavy atom. The Hall–Kier alpha value is -1.59. The summed E-state index contributed by atoms with van der Waals surface area (Å²) >= 11 is 0. The molecule has 0 radical (unpaired) electrons. The molecule has 5 heteroatoms. The molecule has 1 aromatic rings. The largest absolute Gasteiger partial charge is 0.383 e. The zero-order chi connectivity index (χ0) is 14.1. The Balaban J connectivity index is 2.60. The maximum absolute atomic E-state index is 11.4. The van der Waals surface area contributed by atoms with E-state index in [1.54, 1.807) is 26.3 Å². The molecule has 0 bridgehead atoms. The highest BCUT2D eigenvalue weighted by Crippen LogP contribution is 2.13. The molecule has 0 aliphatic carbocycles. The molecule has 1 unspecified atom stereocenters. The second-order valence-electron chi connectivity index (χ2n) is 4.38. The Morgan fingerprint density at radius 1 is 1.37 bits per heavy atom. The van der Waals surface area contributed by atoms with Gasteiger partial charge >= 0.3 is 0 Å². The van der Waals surface area contributed by atoms with Gasteiger partial charge in [-0.25, -0.2) is 0 Å². The molecule has 4 N–H and O–H groups in total. The van der Waals surface area contributed by atoms with Gasteiger partial charge in [-0.05, 0) is 43.7 Å². The fourth-order valence-electron chi connectivity index (χ4n) is 1.86. The van der Waals surface area contributed by atoms with Gasteiger partial charge in [0, 0.05) is 31.5 Å². The van der Waals surface area contributed by atoms with Crippen LogP contribution in [-0.2, 0) is 4.74 Å². The monoisotopic (exact) mass is 265 g/mol. The van der Waals surface area contributed by atoms with Gasteiger partial charge in [0.2, 0.25) is 0 Å². The van der Waals surface area contributed by atoms with E-state index in [1.807, 2.05) is 12.1 Å². The van der Waals surface area contributed by atoms with Crippen LogP contribution in [0.2, 0.25) is 0 Å². The van der Waals surface area contributed by atoms with Gasteiger partial charge in [0.25, 0.3) is 5.91 Å². The van der Waals surface area contributed by atoms with Crippen molar-refractivity contribution in [3.8, 4) is 0 Å². The van der Waals surface area contributed by atoms with Crippen LogP contribution in [0.3, 0.4) is 0 Å². The number of ether oxygens (including phenoxy) is 1. The lowest BCUT2D eigenvalue weighted by atomic mass is 10.1. The van der Waals surface area contributed by atoms with Gasteiger partial charge in [-0.1, -0.05) is 0 Å². The van der Waals surface area contributed by atoms with E-state index >= 15 is 0 Å². The molecule has 19 heavy (non-hydrogen) atoms. The molecule has 5 nitrogen and oxygen atoms in total. The van der Waals surface area contributed by atoms with Gasteiger partial charge < -0.3 is 21.1 Å². The second kappa shape index (κ2) is 8.50. The van der Waals surface area contributed by atoms with Crippen molar-refractivity contribution in [2.24, 2.45) is 5.73 Å². The van der Waals surface area contributed by atoms with Crippen LogP contribution in [-0.4, -0.2) is 39.3 Å². The lowest BCUT2D eigenvalue weighted by Crippen LogP contribution is -2.26. The molecule has 0 saturated heterocycles. The average Bonchev–Trinajstić information content (AvgIpc) is 2.45. The van der Waals surface area contributed by atoms with Crippen molar-refractivity contribution in [1.82, 2.24) is 5.32 Å². The lowest BCUT2D eigenvalue weighted by molar-refractivity contribution is 0.0963. The Bertz CT molecular complexity index is 379. The molecule has 0 aromatic heterocycles.